The highest BCUT2D eigenvalue weighted by atomic mass is 79.9. The van der Waals surface area contributed by atoms with Crippen LogP contribution < -0.4 is 4.90 Å². The highest BCUT2D eigenvalue weighted by molar-refractivity contribution is 9.10. The Bertz CT molecular complexity index is 536. The summed E-state index contributed by atoms with van der Waals surface area (Å²) in [5, 5.41) is 19.0. The summed E-state index contributed by atoms with van der Waals surface area (Å²) in [6, 6.07) is 5.54. The van der Waals surface area contributed by atoms with Crippen LogP contribution in [0.3, 0.4) is 0 Å². The number of aliphatic hydroxyl groups is 1. The molecule has 0 bridgehead atoms. The van der Waals surface area contributed by atoms with Crippen LogP contribution in [0.15, 0.2) is 16.6 Å². The van der Waals surface area contributed by atoms with Crippen molar-refractivity contribution >= 4 is 27.5 Å². The van der Waals surface area contributed by atoms with Crippen LogP contribution in [0.5, 0.6) is 0 Å². The fourth-order valence-electron chi connectivity index (χ4n) is 2.10. The molecule has 2 atom stereocenters. The molecule has 2 unspecified atom stereocenters. The van der Waals surface area contributed by atoms with E-state index in [9.17, 15) is 9.90 Å². The second kappa shape index (κ2) is 4.13. The molecule has 1 N–H and O–H groups in total. The molecule has 4 nitrogen and oxygen atoms in total. The monoisotopic (exact) mass is 294 g/mol. The normalized spacial score (nSPS) is 23.2. The molecule has 1 aromatic carbocycles. The number of carbonyl (C=O) groups excluding carboxylic acids is 1. The first-order valence-corrected chi connectivity index (χ1v) is 5.92. The lowest BCUT2D eigenvalue weighted by Gasteiger charge is -2.33. The van der Waals surface area contributed by atoms with E-state index in [0.29, 0.717) is 11.3 Å². The van der Waals surface area contributed by atoms with Crippen LogP contribution in [0.1, 0.15) is 17.2 Å². The molecule has 1 amide bonds. The molecule has 2 rings (SSSR count). The number of halogens is 1. The van der Waals surface area contributed by atoms with Gasteiger partial charge in [-0.05, 0) is 34.5 Å². The van der Waals surface area contributed by atoms with Crippen molar-refractivity contribution in [1.29, 1.82) is 5.26 Å². The zero-order valence-electron chi connectivity index (χ0n) is 9.44. The van der Waals surface area contributed by atoms with E-state index >= 15 is 0 Å². The molecule has 0 radical (unpaired) electrons. The van der Waals surface area contributed by atoms with Crippen LogP contribution in [0, 0.1) is 24.2 Å². The van der Waals surface area contributed by atoms with Crippen molar-refractivity contribution in [3.63, 3.8) is 0 Å². The van der Waals surface area contributed by atoms with Crippen molar-refractivity contribution in [1.82, 2.24) is 0 Å². The van der Waals surface area contributed by atoms with Gasteiger partial charge in [-0.25, -0.2) is 0 Å². The van der Waals surface area contributed by atoms with Crippen LogP contribution in [0.2, 0.25) is 0 Å². The van der Waals surface area contributed by atoms with Crippen LogP contribution >= 0.6 is 15.9 Å². The Morgan fingerprint density at radius 1 is 1.53 bits per heavy atom. The third-order valence-corrected chi connectivity index (χ3v) is 3.55. The summed E-state index contributed by atoms with van der Waals surface area (Å²) in [6.07, 6.45) is -1.06. The van der Waals surface area contributed by atoms with Gasteiger partial charge < -0.3 is 10.0 Å². The number of hydrogen-bond donors (Lipinski definition) is 1. The highest BCUT2D eigenvalue weighted by Gasteiger charge is 2.39. The quantitative estimate of drug-likeness (QED) is 0.795. The first-order valence-electron chi connectivity index (χ1n) is 5.12. The van der Waals surface area contributed by atoms with E-state index in [0.717, 1.165) is 10.0 Å². The van der Waals surface area contributed by atoms with Gasteiger partial charge in [-0.3, -0.25) is 4.79 Å². The number of benzene rings is 1. The fourth-order valence-corrected chi connectivity index (χ4v) is 2.96. The van der Waals surface area contributed by atoms with Gasteiger partial charge in [0.15, 0.2) is 5.92 Å². The standard InChI is InChI=1S/C12H11BrN2O2/c1-6-3-7-10(9(13)4-6)15(2)12(17)8(5-14)11(7)16/h3-4,8,11,16H,1-2H3. The topological polar surface area (TPSA) is 64.3 Å². The number of nitrogens with zero attached hydrogens (tertiary/aromatic N) is 2. The van der Waals surface area contributed by atoms with Gasteiger partial charge in [-0.1, -0.05) is 6.07 Å². The molecule has 1 aliphatic rings. The molecular formula is C12H11BrN2O2. The molecular weight excluding hydrogens is 284 g/mol. The first kappa shape index (κ1) is 12.1. The van der Waals surface area contributed by atoms with E-state index in [-0.39, 0.29) is 5.91 Å². The number of nitriles is 1. The lowest BCUT2D eigenvalue weighted by Crippen LogP contribution is -2.40. The summed E-state index contributed by atoms with van der Waals surface area (Å²) in [7, 11) is 1.61. The number of carbonyl (C=O) groups is 1. The Morgan fingerprint density at radius 2 is 2.18 bits per heavy atom. The van der Waals surface area contributed by atoms with Crippen molar-refractivity contribution in [3.05, 3.63) is 27.7 Å². The van der Waals surface area contributed by atoms with E-state index in [1.807, 2.05) is 19.1 Å². The zero-order chi connectivity index (χ0) is 12.7. The highest BCUT2D eigenvalue weighted by Crippen LogP contribution is 2.41. The fraction of sp³-hybridized carbons (Fsp3) is 0.333. The van der Waals surface area contributed by atoms with Crippen LogP contribution in [0.25, 0.3) is 0 Å². The minimum Gasteiger partial charge on any atom is -0.386 e. The molecule has 5 heteroatoms. The van der Waals surface area contributed by atoms with Gasteiger partial charge in [0.1, 0.15) is 6.10 Å². The molecule has 0 saturated carbocycles. The third kappa shape index (κ3) is 1.74. The number of hydrogen-bond acceptors (Lipinski definition) is 3. The Morgan fingerprint density at radius 3 is 2.76 bits per heavy atom. The second-order valence-corrected chi connectivity index (χ2v) is 4.99. The number of anilines is 1. The zero-order valence-corrected chi connectivity index (χ0v) is 11.0. The molecule has 88 valence electrons. The minimum atomic E-state index is -1.06. The molecule has 17 heavy (non-hydrogen) atoms. The van der Waals surface area contributed by atoms with Gasteiger partial charge in [0, 0.05) is 17.1 Å². The van der Waals surface area contributed by atoms with Gasteiger partial charge in [0.2, 0.25) is 5.91 Å². The average molecular weight is 295 g/mol. The third-order valence-electron chi connectivity index (χ3n) is 2.94. The van der Waals surface area contributed by atoms with Crippen molar-refractivity contribution in [2.45, 2.75) is 13.0 Å². The lowest BCUT2D eigenvalue weighted by molar-refractivity contribution is -0.124. The van der Waals surface area contributed by atoms with Gasteiger partial charge >= 0.3 is 0 Å². The van der Waals surface area contributed by atoms with Crippen LogP contribution in [-0.4, -0.2) is 18.1 Å². The average Bonchev–Trinajstić information content (AvgIpc) is 2.26. The maximum Gasteiger partial charge on any atom is 0.247 e. The van der Waals surface area contributed by atoms with Crippen LogP contribution in [0.4, 0.5) is 5.69 Å². The molecule has 0 aromatic heterocycles. The molecule has 1 heterocycles. The maximum atomic E-state index is 11.9. The van der Waals surface area contributed by atoms with E-state index in [1.165, 1.54) is 4.90 Å². The summed E-state index contributed by atoms with van der Waals surface area (Å²) in [5.41, 5.74) is 2.22. The number of aliphatic hydroxyl groups excluding tert-OH is 1. The number of fused-ring (bicyclic) bond motifs is 1. The van der Waals surface area contributed by atoms with Crippen molar-refractivity contribution in [3.8, 4) is 6.07 Å². The van der Waals surface area contributed by atoms with E-state index in [2.05, 4.69) is 15.9 Å². The van der Waals surface area contributed by atoms with Crippen LogP contribution in [-0.2, 0) is 4.79 Å². The predicted molar refractivity (Wildman–Crippen MR) is 66.4 cm³/mol. The molecule has 0 fully saturated rings. The molecule has 1 aliphatic heterocycles. The molecule has 1 aromatic rings. The van der Waals surface area contributed by atoms with E-state index in [4.69, 9.17) is 5.26 Å². The van der Waals surface area contributed by atoms with Crippen molar-refractivity contribution in [2.75, 3.05) is 11.9 Å². The predicted octanol–water partition coefficient (Wildman–Crippen LogP) is 1.91. The summed E-state index contributed by atoms with van der Waals surface area (Å²) in [4.78, 5) is 13.3. The van der Waals surface area contributed by atoms with Crippen molar-refractivity contribution in [2.24, 2.45) is 5.92 Å². The van der Waals surface area contributed by atoms with Gasteiger partial charge in [-0.2, -0.15) is 5.26 Å². The Kier molecular flexibility index (Phi) is 2.94. The Labute approximate surface area is 108 Å². The smallest absolute Gasteiger partial charge is 0.247 e. The summed E-state index contributed by atoms with van der Waals surface area (Å²) in [6.45, 7) is 1.90. The Balaban J connectivity index is 2.69. The number of rotatable bonds is 0. The molecule has 0 aliphatic carbocycles. The van der Waals surface area contributed by atoms with Gasteiger partial charge in [0.25, 0.3) is 0 Å². The maximum absolute atomic E-state index is 11.9. The van der Waals surface area contributed by atoms with Crippen molar-refractivity contribution < 1.29 is 9.90 Å². The first-order chi connectivity index (χ1) is 7.97. The second-order valence-electron chi connectivity index (χ2n) is 4.13. The molecule has 0 saturated heterocycles. The largest absolute Gasteiger partial charge is 0.386 e. The summed E-state index contributed by atoms with van der Waals surface area (Å²) >= 11 is 3.38. The minimum absolute atomic E-state index is 0.378. The summed E-state index contributed by atoms with van der Waals surface area (Å²) in [5.74, 6) is -1.40. The number of aryl methyl sites for hydroxylation is 1. The molecule has 0 spiro atoms. The lowest BCUT2D eigenvalue weighted by atomic mass is 9.89. The van der Waals surface area contributed by atoms with E-state index < -0.39 is 12.0 Å². The SMILES string of the molecule is Cc1cc(Br)c2c(c1)C(O)C(C#N)C(=O)N2C. The van der Waals surface area contributed by atoms with Gasteiger partial charge in [-0.15, -0.1) is 0 Å². The van der Waals surface area contributed by atoms with Gasteiger partial charge in [0.05, 0.1) is 11.8 Å². The van der Waals surface area contributed by atoms with E-state index in [1.54, 1.807) is 13.1 Å². The number of amides is 1. The Hall–Kier alpha value is -1.38. The summed E-state index contributed by atoms with van der Waals surface area (Å²) < 4.78 is 0.749.